The van der Waals surface area contributed by atoms with E-state index in [4.69, 9.17) is 5.73 Å². The monoisotopic (exact) mass is 676 g/mol. The molecule has 250 valence electrons. The summed E-state index contributed by atoms with van der Waals surface area (Å²) in [5.41, 5.74) is 19.0. The number of allylic oxidation sites excluding steroid dienone is 3. The summed E-state index contributed by atoms with van der Waals surface area (Å²) in [5.74, 6) is 0. The molecule has 0 fully saturated rings. The maximum atomic E-state index is 9.46. The first-order chi connectivity index (χ1) is 26.2. The first-order valence-corrected chi connectivity index (χ1v) is 18.1. The molecule has 0 atom stereocenters. The highest BCUT2D eigenvalue weighted by Crippen LogP contribution is 2.59. The molecule has 1 aliphatic rings. The Bertz CT molecular complexity index is 2710. The molecule has 1 aliphatic carbocycles. The van der Waals surface area contributed by atoms with Gasteiger partial charge in [-0.3, -0.25) is 0 Å². The molecular formula is C51H36N2. The van der Waals surface area contributed by atoms with Crippen LogP contribution in [0.5, 0.6) is 0 Å². The molecule has 0 aromatic heterocycles. The minimum Gasteiger partial charge on any atom is -0.405 e. The molecule has 8 aromatic carbocycles. The number of rotatable bonds is 7. The zero-order chi connectivity index (χ0) is 35.8. The van der Waals surface area contributed by atoms with Crippen molar-refractivity contribution in [2.75, 3.05) is 0 Å². The topological polar surface area (TPSA) is 49.8 Å². The highest BCUT2D eigenvalue weighted by Gasteiger charge is 2.47. The summed E-state index contributed by atoms with van der Waals surface area (Å²) in [5, 5.41) is 14.4. The predicted octanol–water partition coefficient (Wildman–Crippen LogP) is 12.2. The van der Waals surface area contributed by atoms with E-state index in [0.29, 0.717) is 12.0 Å². The molecule has 2 nitrogen and oxygen atoms in total. The Morgan fingerprint density at radius 1 is 0.547 bits per heavy atom. The predicted molar refractivity (Wildman–Crippen MR) is 220 cm³/mol. The van der Waals surface area contributed by atoms with Crippen LogP contribution in [0.3, 0.4) is 0 Å². The second kappa shape index (κ2) is 13.3. The van der Waals surface area contributed by atoms with E-state index in [2.05, 4.69) is 182 Å². The Kier molecular flexibility index (Phi) is 8.03. The van der Waals surface area contributed by atoms with Crippen molar-refractivity contribution in [1.29, 1.82) is 5.26 Å². The third-order valence-electron chi connectivity index (χ3n) is 10.9. The third-order valence-corrected chi connectivity index (χ3v) is 10.9. The molecule has 0 radical (unpaired) electrons. The fraction of sp³-hybridized carbons (Fsp3) is 0.0392. The van der Waals surface area contributed by atoms with Gasteiger partial charge in [0.2, 0.25) is 0 Å². The van der Waals surface area contributed by atoms with Gasteiger partial charge in [-0.1, -0.05) is 164 Å². The van der Waals surface area contributed by atoms with Gasteiger partial charge in [0.25, 0.3) is 0 Å². The van der Waals surface area contributed by atoms with Gasteiger partial charge in [0, 0.05) is 5.57 Å². The van der Waals surface area contributed by atoms with E-state index in [-0.39, 0.29) is 0 Å². The van der Waals surface area contributed by atoms with Crippen LogP contribution < -0.4 is 5.73 Å². The maximum absolute atomic E-state index is 9.46. The normalized spacial score (nSPS) is 13.2. The number of hydrogen-bond acceptors (Lipinski definition) is 2. The summed E-state index contributed by atoms with van der Waals surface area (Å²) < 4.78 is 0. The Hall–Kier alpha value is -6.95. The summed E-state index contributed by atoms with van der Waals surface area (Å²) in [6.07, 6.45) is 5.61. The van der Waals surface area contributed by atoms with Gasteiger partial charge in [-0.2, -0.15) is 5.26 Å². The Balaban J connectivity index is 1.31. The summed E-state index contributed by atoms with van der Waals surface area (Å²) >= 11 is 0. The highest BCUT2D eigenvalue weighted by atomic mass is 14.5. The third kappa shape index (κ3) is 5.34. The number of nitrogens with zero attached hydrogens (tertiary/aromatic N) is 1. The first-order valence-electron chi connectivity index (χ1n) is 18.1. The molecule has 0 saturated carbocycles. The van der Waals surface area contributed by atoms with E-state index in [9.17, 15) is 5.26 Å². The standard InChI is InChI=1S/C51H36N2/c52-30-29-36(34-53)20-19-35-21-23-38(24-22-35)47-33-49-50(45-18-10-9-17-44(45)47)46-28-27-41(40-26-25-37-11-7-8-12-39(37)31-40)32-48(46)51(49,42-13-3-1-4-14-42)43-15-5-2-6-16-43/h1-18,20-33H,19,52H2/b30-29-,36-20+. The second-order valence-corrected chi connectivity index (χ2v) is 13.7. The first kappa shape index (κ1) is 32.0. The number of benzene rings is 8. The summed E-state index contributed by atoms with van der Waals surface area (Å²) in [6.45, 7) is 0. The van der Waals surface area contributed by atoms with E-state index < -0.39 is 5.41 Å². The van der Waals surface area contributed by atoms with Crippen molar-refractivity contribution in [2.45, 2.75) is 11.8 Å². The maximum Gasteiger partial charge on any atom is 0.0988 e. The molecule has 0 spiro atoms. The molecule has 0 aliphatic heterocycles. The minimum atomic E-state index is -0.562. The van der Waals surface area contributed by atoms with Crippen molar-refractivity contribution in [3.05, 3.63) is 228 Å². The molecular weight excluding hydrogens is 641 g/mol. The largest absolute Gasteiger partial charge is 0.405 e. The van der Waals surface area contributed by atoms with Crippen LogP contribution in [-0.2, 0) is 11.8 Å². The molecule has 0 saturated heterocycles. The highest BCUT2D eigenvalue weighted by molar-refractivity contribution is 6.10. The molecule has 2 N–H and O–H groups in total. The zero-order valence-electron chi connectivity index (χ0n) is 29.2. The van der Waals surface area contributed by atoms with Crippen molar-refractivity contribution in [2.24, 2.45) is 5.73 Å². The second-order valence-electron chi connectivity index (χ2n) is 13.7. The van der Waals surface area contributed by atoms with Crippen LogP contribution in [0.2, 0.25) is 0 Å². The lowest BCUT2D eigenvalue weighted by molar-refractivity contribution is 0.769. The fourth-order valence-electron chi connectivity index (χ4n) is 8.43. The van der Waals surface area contributed by atoms with E-state index >= 15 is 0 Å². The van der Waals surface area contributed by atoms with Gasteiger partial charge in [0.05, 0.1) is 11.5 Å². The molecule has 0 bridgehead atoms. The summed E-state index contributed by atoms with van der Waals surface area (Å²) in [6, 6.07) is 66.8. The van der Waals surface area contributed by atoms with E-state index in [1.807, 2.05) is 6.08 Å². The molecule has 0 amide bonds. The lowest BCUT2D eigenvalue weighted by Crippen LogP contribution is -2.28. The molecule has 2 heteroatoms. The fourth-order valence-corrected chi connectivity index (χ4v) is 8.43. The Morgan fingerprint density at radius 2 is 1.15 bits per heavy atom. The van der Waals surface area contributed by atoms with Crippen LogP contribution in [-0.4, -0.2) is 0 Å². The molecule has 8 aromatic rings. The summed E-state index contributed by atoms with van der Waals surface area (Å²) in [4.78, 5) is 0. The van der Waals surface area contributed by atoms with Crippen molar-refractivity contribution >= 4 is 21.5 Å². The van der Waals surface area contributed by atoms with Gasteiger partial charge >= 0.3 is 0 Å². The average molecular weight is 677 g/mol. The molecule has 53 heavy (non-hydrogen) atoms. The van der Waals surface area contributed by atoms with Crippen LogP contribution in [0.25, 0.3) is 54.9 Å². The van der Waals surface area contributed by atoms with E-state index in [1.54, 1.807) is 6.08 Å². The van der Waals surface area contributed by atoms with E-state index in [0.717, 1.165) is 11.1 Å². The minimum absolute atomic E-state index is 0.558. The lowest BCUT2D eigenvalue weighted by Gasteiger charge is -2.34. The van der Waals surface area contributed by atoms with Crippen LogP contribution in [0, 0.1) is 11.3 Å². The van der Waals surface area contributed by atoms with E-state index in [1.165, 1.54) is 77.8 Å². The van der Waals surface area contributed by atoms with Gasteiger partial charge in [0.15, 0.2) is 0 Å². The quantitative estimate of drug-likeness (QED) is 0.135. The summed E-state index contributed by atoms with van der Waals surface area (Å²) in [7, 11) is 0. The van der Waals surface area contributed by atoms with Crippen LogP contribution in [0.15, 0.2) is 200 Å². The van der Waals surface area contributed by atoms with Gasteiger partial charge in [0.1, 0.15) is 0 Å². The van der Waals surface area contributed by atoms with Gasteiger partial charge in [-0.05, 0) is 120 Å². The smallest absolute Gasteiger partial charge is 0.0988 e. The van der Waals surface area contributed by atoms with Crippen molar-refractivity contribution < 1.29 is 0 Å². The Labute approximate surface area is 310 Å². The van der Waals surface area contributed by atoms with Crippen molar-refractivity contribution in [3.8, 4) is 39.4 Å². The number of hydrogen-bond donors (Lipinski definition) is 1. The average Bonchev–Trinajstić information content (AvgIpc) is 3.53. The Morgan fingerprint density at radius 3 is 1.85 bits per heavy atom. The zero-order valence-corrected chi connectivity index (χ0v) is 29.2. The van der Waals surface area contributed by atoms with Crippen LogP contribution in [0.4, 0.5) is 0 Å². The van der Waals surface area contributed by atoms with Crippen molar-refractivity contribution in [3.63, 3.8) is 0 Å². The number of nitrogens with two attached hydrogens (primary N) is 1. The SMILES string of the molecule is N#CC(/C=C\N)=C/Cc1ccc(-c2cc3c(c4ccccc24)-c2ccc(-c4ccc5ccccc5c4)cc2C3(c2ccccc2)c2ccccc2)cc1. The molecule has 9 rings (SSSR count). The van der Waals surface area contributed by atoms with Gasteiger partial charge in [-0.25, -0.2) is 0 Å². The van der Waals surface area contributed by atoms with Crippen LogP contribution >= 0.6 is 0 Å². The van der Waals surface area contributed by atoms with Crippen LogP contribution in [0.1, 0.15) is 27.8 Å². The lowest BCUT2D eigenvalue weighted by atomic mass is 9.67. The van der Waals surface area contributed by atoms with Gasteiger partial charge < -0.3 is 5.73 Å². The number of nitriles is 1. The van der Waals surface area contributed by atoms with Crippen molar-refractivity contribution in [1.82, 2.24) is 0 Å². The molecule has 0 unspecified atom stereocenters. The van der Waals surface area contributed by atoms with Gasteiger partial charge in [-0.15, -0.1) is 0 Å². The number of fused-ring (bicyclic) bond motifs is 6. The molecule has 0 heterocycles.